The summed E-state index contributed by atoms with van der Waals surface area (Å²) in [4.78, 5) is 21.6. The molecule has 2 aromatic carbocycles. The summed E-state index contributed by atoms with van der Waals surface area (Å²) in [6.45, 7) is 0. The first-order chi connectivity index (χ1) is 15.6. The topological polar surface area (TPSA) is 87.1 Å². The van der Waals surface area contributed by atoms with E-state index in [4.69, 9.17) is 11.6 Å². The summed E-state index contributed by atoms with van der Waals surface area (Å²) in [5.41, 5.74) is 2.73. The number of nitrogens with zero attached hydrogens (tertiary/aromatic N) is 2. The van der Waals surface area contributed by atoms with Crippen molar-refractivity contribution in [1.29, 1.82) is 0 Å². The number of ketones is 1. The predicted octanol–water partition coefficient (Wildman–Crippen LogP) is 6.22. The number of pyridine rings is 2. The highest BCUT2D eigenvalue weighted by molar-refractivity contribution is 6.30. The second kappa shape index (κ2) is 9.76. The van der Waals surface area contributed by atoms with Crippen molar-refractivity contribution in [3.05, 3.63) is 107 Å². The number of aromatic hydroxyl groups is 1. The zero-order valence-electron chi connectivity index (χ0n) is 16.9. The highest BCUT2D eigenvalue weighted by atomic mass is 35.5. The number of allylic oxidation sites excluding steroid dienone is 1. The van der Waals surface area contributed by atoms with Crippen LogP contribution in [-0.2, 0) is 0 Å². The molecule has 32 heavy (non-hydrogen) atoms. The van der Waals surface area contributed by atoms with Gasteiger partial charge in [0.1, 0.15) is 17.4 Å². The fourth-order valence-corrected chi connectivity index (χ4v) is 3.09. The molecule has 0 spiro atoms. The SMILES string of the molecule is O=C(/C=C/c1cccnc1Nc1ccc(Cl)cc1)c1cccnc1Nc1ccc(O)cc1. The quantitative estimate of drug-likeness (QED) is 0.179. The van der Waals surface area contributed by atoms with Gasteiger partial charge in [-0.05, 0) is 84.9 Å². The molecule has 2 aromatic heterocycles. The van der Waals surface area contributed by atoms with Crippen molar-refractivity contribution in [2.75, 3.05) is 10.6 Å². The molecule has 0 atom stereocenters. The largest absolute Gasteiger partial charge is 0.508 e. The first kappa shape index (κ1) is 21.1. The number of phenols is 1. The molecule has 0 saturated carbocycles. The minimum absolute atomic E-state index is 0.162. The fraction of sp³-hybridized carbons (Fsp3) is 0. The second-order valence-electron chi connectivity index (χ2n) is 6.84. The van der Waals surface area contributed by atoms with Crippen LogP contribution in [0.3, 0.4) is 0 Å². The van der Waals surface area contributed by atoms with Crippen LogP contribution >= 0.6 is 11.6 Å². The molecule has 2 heterocycles. The lowest BCUT2D eigenvalue weighted by molar-refractivity contribution is 0.104. The number of anilines is 4. The molecule has 0 aliphatic carbocycles. The van der Waals surface area contributed by atoms with Crippen LogP contribution in [0.5, 0.6) is 5.75 Å². The summed E-state index contributed by atoms with van der Waals surface area (Å²) in [5.74, 6) is 1.00. The van der Waals surface area contributed by atoms with Gasteiger partial charge in [-0.2, -0.15) is 0 Å². The molecule has 7 heteroatoms. The zero-order chi connectivity index (χ0) is 22.3. The van der Waals surface area contributed by atoms with Crippen LogP contribution in [0.2, 0.25) is 5.02 Å². The van der Waals surface area contributed by atoms with E-state index < -0.39 is 0 Å². The Bertz CT molecular complexity index is 1260. The number of carbonyl (C=O) groups is 1. The highest BCUT2D eigenvalue weighted by Gasteiger charge is 2.11. The number of carbonyl (C=O) groups excluding carboxylic acids is 1. The zero-order valence-corrected chi connectivity index (χ0v) is 17.6. The monoisotopic (exact) mass is 442 g/mol. The third-order valence-electron chi connectivity index (χ3n) is 4.56. The van der Waals surface area contributed by atoms with Crippen molar-refractivity contribution in [3.8, 4) is 5.75 Å². The molecule has 4 rings (SSSR count). The molecule has 0 bridgehead atoms. The van der Waals surface area contributed by atoms with Crippen molar-refractivity contribution < 1.29 is 9.90 Å². The minimum atomic E-state index is -0.208. The Morgan fingerprint density at radius 1 is 0.812 bits per heavy atom. The number of aromatic nitrogens is 2. The smallest absolute Gasteiger partial charge is 0.189 e. The molecule has 0 amide bonds. The van der Waals surface area contributed by atoms with Gasteiger partial charge in [-0.1, -0.05) is 11.6 Å². The van der Waals surface area contributed by atoms with Gasteiger partial charge in [-0.3, -0.25) is 4.79 Å². The number of hydrogen-bond acceptors (Lipinski definition) is 6. The van der Waals surface area contributed by atoms with Crippen LogP contribution in [0.1, 0.15) is 15.9 Å². The van der Waals surface area contributed by atoms with Crippen LogP contribution in [0, 0.1) is 0 Å². The maximum atomic E-state index is 12.9. The fourth-order valence-electron chi connectivity index (χ4n) is 2.97. The molecule has 0 unspecified atom stereocenters. The second-order valence-corrected chi connectivity index (χ2v) is 7.28. The maximum Gasteiger partial charge on any atom is 0.189 e. The molecule has 0 fully saturated rings. The van der Waals surface area contributed by atoms with Crippen LogP contribution in [-0.4, -0.2) is 20.9 Å². The Hall–Kier alpha value is -4.16. The minimum Gasteiger partial charge on any atom is -0.508 e. The van der Waals surface area contributed by atoms with E-state index in [1.165, 1.54) is 6.08 Å². The van der Waals surface area contributed by atoms with Gasteiger partial charge < -0.3 is 15.7 Å². The summed E-state index contributed by atoms with van der Waals surface area (Å²) in [6.07, 6.45) is 6.49. The van der Waals surface area contributed by atoms with Crippen molar-refractivity contribution in [1.82, 2.24) is 9.97 Å². The van der Waals surface area contributed by atoms with E-state index in [-0.39, 0.29) is 11.5 Å². The van der Waals surface area contributed by atoms with Gasteiger partial charge >= 0.3 is 0 Å². The van der Waals surface area contributed by atoms with Gasteiger partial charge in [0, 0.05) is 34.4 Å². The number of benzene rings is 2. The molecule has 158 valence electrons. The number of rotatable bonds is 7. The first-order valence-electron chi connectivity index (χ1n) is 9.79. The average Bonchev–Trinajstić information content (AvgIpc) is 2.81. The molecule has 0 aliphatic heterocycles. The Balaban J connectivity index is 1.54. The summed E-state index contributed by atoms with van der Waals surface area (Å²) in [6, 6.07) is 20.9. The predicted molar refractivity (Wildman–Crippen MR) is 128 cm³/mol. The number of nitrogens with one attached hydrogen (secondary N) is 2. The van der Waals surface area contributed by atoms with Crippen LogP contribution in [0.25, 0.3) is 6.08 Å². The van der Waals surface area contributed by atoms with Gasteiger partial charge in [0.2, 0.25) is 0 Å². The van der Waals surface area contributed by atoms with Crippen LogP contribution < -0.4 is 10.6 Å². The van der Waals surface area contributed by atoms with Crippen LogP contribution in [0.4, 0.5) is 23.0 Å². The molecule has 0 saturated heterocycles. The summed E-state index contributed by atoms with van der Waals surface area (Å²) < 4.78 is 0. The van der Waals surface area contributed by atoms with Gasteiger partial charge in [0.25, 0.3) is 0 Å². The van der Waals surface area contributed by atoms with Crippen LogP contribution in [0.15, 0.2) is 91.3 Å². The molecular weight excluding hydrogens is 424 g/mol. The van der Waals surface area contributed by atoms with E-state index >= 15 is 0 Å². The van der Waals surface area contributed by atoms with E-state index in [1.807, 2.05) is 18.2 Å². The molecule has 4 aromatic rings. The number of phenolic OH excluding ortho intramolecular Hbond substituents is 1. The molecule has 0 radical (unpaired) electrons. The summed E-state index contributed by atoms with van der Waals surface area (Å²) in [7, 11) is 0. The van der Waals surface area contributed by atoms with Gasteiger partial charge in [0.05, 0.1) is 5.56 Å². The lowest BCUT2D eigenvalue weighted by Crippen LogP contribution is -2.03. The lowest BCUT2D eigenvalue weighted by atomic mass is 10.1. The van der Waals surface area contributed by atoms with Gasteiger partial charge in [-0.15, -0.1) is 0 Å². The normalized spacial score (nSPS) is 10.8. The average molecular weight is 443 g/mol. The lowest BCUT2D eigenvalue weighted by Gasteiger charge is -2.10. The van der Waals surface area contributed by atoms with E-state index in [1.54, 1.807) is 73.1 Å². The summed E-state index contributed by atoms with van der Waals surface area (Å²) >= 11 is 5.95. The molecule has 0 aliphatic rings. The van der Waals surface area contributed by atoms with Gasteiger partial charge in [0.15, 0.2) is 5.78 Å². The summed E-state index contributed by atoms with van der Waals surface area (Å²) in [5, 5.41) is 16.4. The standard InChI is InChI=1S/C25H19ClN4O2/c26-18-6-8-19(9-7-18)29-24-17(3-1-15-27-24)5-14-23(32)22-4-2-16-28-25(22)30-20-10-12-21(31)13-11-20/h1-16,31H,(H,27,29)(H,28,30)/b14-5+. The van der Waals surface area contributed by atoms with Crippen molar-refractivity contribution in [2.45, 2.75) is 0 Å². The van der Waals surface area contributed by atoms with Crippen molar-refractivity contribution in [3.63, 3.8) is 0 Å². The Kier molecular flexibility index (Phi) is 6.43. The van der Waals surface area contributed by atoms with Crippen molar-refractivity contribution in [2.24, 2.45) is 0 Å². The molecule has 6 nitrogen and oxygen atoms in total. The highest BCUT2D eigenvalue weighted by Crippen LogP contribution is 2.23. The molecule has 3 N–H and O–H groups in total. The van der Waals surface area contributed by atoms with E-state index in [2.05, 4.69) is 20.6 Å². The van der Waals surface area contributed by atoms with E-state index in [0.29, 0.717) is 27.9 Å². The third-order valence-corrected chi connectivity index (χ3v) is 4.82. The number of halogens is 1. The van der Waals surface area contributed by atoms with Crippen molar-refractivity contribution >= 4 is 46.5 Å². The van der Waals surface area contributed by atoms with E-state index in [0.717, 1.165) is 11.3 Å². The van der Waals surface area contributed by atoms with Gasteiger partial charge in [-0.25, -0.2) is 9.97 Å². The Morgan fingerprint density at radius 2 is 1.41 bits per heavy atom. The third kappa shape index (κ3) is 5.30. The Labute approximate surface area is 190 Å². The Morgan fingerprint density at radius 3 is 2.12 bits per heavy atom. The first-order valence-corrected chi connectivity index (χ1v) is 10.2. The maximum absolute atomic E-state index is 12.9. The van der Waals surface area contributed by atoms with E-state index in [9.17, 15) is 9.90 Å². The number of hydrogen-bond donors (Lipinski definition) is 3. The molecular formula is C25H19ClN4O2.